The highest BCUT2D eigenvalue weighted by Crippen LogP contribution is 2.42. The van der Waals surface area contributed by atoms with Crippen LogP contribution in [0.25, 0.3) is 0 Å². The smallest absolute Gasteiger partial charge is 0.274 e. The Labute approximate surface area is 152 Å². The van der Waals surface area contributed by atoms with Crippen molar-refractivity contribution in [3.8, 4) is 0 Å². The van der Waals surface area contributed by atoms with E-state index in [-0.39, 0.29) is 12.3 Å². The molecule has 0 radical (unpaired) electrons. The number of aromatic nitrogens is 1. The average Bonchev–Trinajstić information content (AvgIpc) is 3.51. The number of carbonyl (C=O) groups is 2. The molecule has 0 saturated heterocycles. The predicted octanol–water partition coefficient (Wildman–Crippen LogP) is 3.67. The van der Waals surface area contributed by atoms with Crippen LogP contribution in [0, 0.1) is 0 Å². The third-order valence-corrected chi connectivity index (χ3v) is 4.71. The van der Waals surface area contributed by atoms with Crippen molar-refractivity contribution < 1.29 is 9.59 Å². The largest absolute Gasteiger partial charge is 0.352 e. The Morgan fingerprint density at radius 2 is 2.19 bits per heavy atom. The molecule has 0 N–H and O–H groups in total. The summed E-state index contributed by atoms with van der Waals surface area (Å²) in [4.78, 5) is 30.5. The van der Waals surface area contributed by atoms with Crippen LogP contribution in [0.15, 0.2) is 47.8 Å². The molecule has 1 fully saturated rings. The lowest BCUT2D eigenvalue weighted by Crippen LogP contribution is -2.47. The minimum absolute atomic E-state index is 0.225. The Kier molecular flexibility index (Phi) is 4.24. The molecule has 4 rings (SSSR count). The summed E-state index contributed by atoms with van der Waals surface area (Å²) in [6.07, 6.45) is 7.62. The van der Waals surface area contributed by atoms with E-state index in [0.717, 1.165) is 11.1 Å². The Morgan fingerprint density at radius 3 is 2.88 bits per heavy atom. The number of rotatable bonds is 4. The maximum Gasteiger partial charge on any atom is 0.352 e. The minimum atomic E-state index is -0.413. The van der Waals surface area contributed by atoms with Gasteiger partial charge in [0.1, 0.15) is 0 Å². The maximum atomic E-state index is 12.8. The second kappa shape index (κ2) is 6.71. The summed E-state index contributed by atoms with van der Waals surface area (Å²) in [5.74, 6) is 0.386. The second-order valence-corrected chi connectivity index (χ2v) is 6.62. The maximum absolute atomic E-state index is 12.8. The van der Waals surface area contributed by atoms with Crippen molar-refractivity contribution >= 4 is 23.8 Å². The van der Waals surface area contributed by atoms with E-state index in [4.69, 9.17) is 0 Å². The molecule has 1 saturated carbocycles. The summed E-state index contributed by atoms with van der Waals surface area (Å²) in [6.45, 7) is 2.12. The van der Waals surface area contributed by atoms with Gasteiger partial charge in [0, 0.05) is 24.4 Å². The highest BCUT2D eigenvalue weighted by Gasteiger charge is 2.35. The third kappa shape index (κ3) is 3.10. The first-order valence-corrected chi connectivity index (χ1v) is 8.88. The number of urea groups is 1. The molecular formula is C20H20N4O2. The molecule has 2 heterocycles. The van der Waals surface area contributed by atoms with E-state index >= 15 is 0 Å². The van der Waals surface area contributed by atoms with E-state index in [9.17, 15) is 9.59 Å². The molecule has 1 aromatic carbocycles. The molecule has 6 nitrogen and oxygen atoms in total. The molecule has 0 bridgehead atoms. The van der Waals surface area contributed by atoms with Crippen LogP contribution >= 0.6 is 0 Å². The number of amides is 3. The van der Waals surface area contributed by atoms with E-state index < -0.39 is 6.03 Å². The summed E-state index contributed by atoms with van der Waals surface area (Å²) in [6, 6.07) is 9.30. The minimum Gasteiger partial charge on any atom is -0.274 e. The number of carbonyl (C=O) groups excluding carboxylic acids is 2. The lowest BCUT2D eigenvalue weighted by molar-refractivity contribution is -0.117. The highest BCUT2D eigenvalue weighted by molar-refractivity contribution is 6.15. The molecule has 1 aliphatic carbocycles. The van der Waals surface area contributed by atoms with Crippen LogP contribution in [-0.4, -0.2) is 28.1 Å². The van der Waals surface area contributed by atoms with Crippen molar-refractivity contribution in [2.45, 2.75) is 38.6 Å². The van der Waals surface area contributed by atoms with Gasteiger partial charge in [-0.25, -0.2) is 14.7 Å². The molecule has 3 amide bonds. The molecule has 0 spiro atoms. The fraction of sp³-hybridized carbons (Fsp3) is 0.300. The fourth-order valence-electron chi connectivity index (χ4n) is 3.15. The number of pyridine rings is 1. The van der Waals surface area contributed by atoms with Gasteiger partial charge in [0.25, 0.3) is 0 Å². The second-order valence-electron chi connectivity index (χ2n) is 6.62. The fourth-order valence-corrected chi connectivity index (χ4v) is 3.15. The van der Waals surface area contributed by atoms with Crippen molar-refractivity contribution in [3.05, 3.63) is 59.4 Å². The molecule has 2 aliphatic rings. The Morgan fingerprint density at radius 1 is 1.35 bits per heavy atom. The van der Waals surface area contributed by atoms with Gasteiger partial charge in [-0.3, -0.25) is 9.78 Å². The lowest BCUT2D eigenvalue weighted by atomic mass is 10.0. The first kappa shape index (κ1) is 16.4. The number of benzene rings is 1. The quantitative estimate of drug-likeness (QED) is 0.792. The number of anilines is 1. The highest BCUT2D eigenvalue weighted by atomic mass is 16.2. The summed E-state index contributed by atoms with van der Waals surface area (Å²) in [5, 5.41) is 5.66. The summed E-state index contributed by atoms with van der Waals surface area (Å²) in [5.41, 5.74) is 3.71. The van der Waals surface area contributed by atoms with Crippen LogP contribution in [0.3, 0.4) is 0 Å². The third-order valence-electron chi connectivity index (χ3n) is 4.71. The number of fused-ring (bicyclic) bond motifs is 1. The Balaban J connectivity index is 1.68. The molecule has 0 unspecified atom stereocenters. The summed E-state index contributed by atoms with van der Waals surface area (Å²) >= 11 is 0. The standard InChI is InChI=1S/C20H20N4O2/c1-2-19(25)24-18-8-7-16(15-5-6-15)10-17(18)13-23(20(24)26)22-12-14-4-3-9-21-11-14/h3-4,7-12,15H,2,5-6,13H2,1H3. The zero-order valence-electron chi connectivity index (χ0n) is 14.6. The molecule has 1 aliphatic heterocycles. The summed E-state index contributed by atoms with van der Waals surface area (Å²) < 4.78 is 0. The predicted molar refractivity (Wildman–Crippen MR) is 99.0 cm³/mol. The van der Waals surface area contributed by atoms with Crippen molar-refractivity contribution in [1.29, 1.82) is 0 Å². The number of hydrogen-bond acceptors (Lipinski definition) is 4. The van der Waals surface area contributed by atoms with Crippen molar-refractivity contribution in [2.75, 3.05) is 4.90 Å². The van der Waals surface area contributed by atoms with E-state index in [2.05, 4.69) is 16.2 Å². The van der Waals surface area contributed by atoms with Crippen molar-refractivity contribution in [2.24, 2.45) is 5.10 Å². The average molecular weight is 348 g/mol. The first-order valence-electron chi connectivity index (χ1n) is 8.88. The monoisotopic (exact) mass is 348 g/mol. The Bertz CT molecular complexity index is 875. The van der Waals surface area contributed by atoms with Crippen LogP contribution < -0.4 is 4.90 Å². The lowest BCUT2D eigenvalue weighted by Gasteiger charge is -2.33. The van der Waals surface area contributed by atoms with Gasteiger partial charge in [-0.05, 0) is 42.0 Å². The summed E-state index contributed by atoms with van der Waals surface area (Å²) in [7, 11) is 0. The van der Waals surface area contributed by atoms with Crippen molar-refractivity contribution in [3.63, 3.8) is 0 Å². The normalized spacial score (nSPS) is 16.9. The topological polar surface area (TPSA) is 65.9 Å². The van der Waals surface area contributed by atoms with Crippen LogP contribution in [0.5, 0.6) is 0 Å². The van der Waals surface area contributed by atoms with Crippen LogP contribution in [0.2, 0.25) is 0 Å². The zero-order valence-corrected chi connectivity index (χ0v) is 14.6. The van der Waals surface area contributed by atoms with Crippen molar-refractivity contribution in [1.82, 2.24) is 9.99 Å². The molecule has 2 aromatic rings. The number of nitrogens with zero attached hydrogens (tertiary/aromatic N) is 4. The van der Waals surface area contributed by atoms with Gasteiger partial charge in [0.05, 0.1) is 18.4 Å². The van der Waals surface area contributed by atoms with Gasteiger partial charge >= 0.3 is 6.03 Å². The van der Waals surface area contributed by atoms with Gasteiger partial charge < -0.3 is 0 Å². The first-order chi connectivity index (χ1) is 12.7. The molecule has 1 aromatic heterocycles. The molecule has 26 heavy (non-hydrogen) atoms. The van der Waals surface area contributed by atoms with E-state index in [1.807, 2.05) is 24.3 Å². The SMILES string of the molecule is CCC(=O)N1C(=O)N(N=Cc2cccnc2)Cc2cc(C3CC3)ccc21. The van der Waals surface area contributed by atoms with Crippen LogP contribution in [0.4, 0.5) is 10.5 Å². The van der Waals surface area contributed by atoms with Crippen LogP contribution in [-0.2, 0) is 11.3 Å². The van der Waals surface area contributed by atoms with Gasteiger partial charge in [-0.2, -0.15) is 5.10 Å². The number of hydrogen-bond donors (Lipinski definition) is 0. The molecule has 132 valence electrons. The van der Waals surface area contributed by atoms with Gasteiger partial charge in [0.15, 0.2) is 0 Å². The number of hydrazone groups is 1. The van der Waals surface area contributed by atoms with Crippen LogP contribution in [0.1, 0.15) is 48.8 Å². The van der Waals surface area contributed by atoms with Gasteiger partial charge in [-0.15, -0.1) is 0 Å². The van der Waals surface area contributed by atoms with Gasteiger partial charge in [0.2, 0.25) is 5.91 Å². The molecule has 0 atom stereocenters. The van der Waals surface area contributed by atoms with E-state index in [1.54, 1.807) is 25.5 Å². The Hall–Kier alpha value is -3.02. The van der Waals surface area contributed by atoms with E-state index in [1.165, 1.54) is 28.3 Å². The molecule has 6 heteroatoms. The molecular weight excluding hydrogens is 328 g/mol. The number of imide groups is 1. The van der Waals surface area contributed by atoms with Gasteiger partial charge in [-0.1, -0.05) is 25.1 Å². The zero-order chi connectivity index (χ0) is 18.1. The van der Waals surface area contributed by atoms with E-state index in [0.29, 0.717) is 18.2 Å².